The van der Waals surface area contributed by atoms with Gasteiger partial charge in [0.15, 0.2) is 0 Å². The molecule has 0 atom stereocenters. The van der Waals surface area contributed by atoms with E-state index in [0.717, 1.165) is 0 Å². The highest BCUT2D eigenvalue weighted by Gasteiger charge is 2.33. The molecule has 80 valence electrons. The smallest absolute Gasteiger partial charge is 0.268 e. The molecule has 0 radical (unpaired) electrons. The number of halogens is 2. The Labute approximate surface area is 89.7 Å². The lowest BCUT2D eigenvalue weighted by molar-refractivity contribution is 0.296. The van der Waals surface area contributed by atoms with Gasteiger partial charge in [0.1, 0.15) is 0 Å². The van der Waals surface area contributed by atoms with Crippen LogP contribution in [0.3, 0.4) is 0 Å². The molecule has 0 saturated carbocycles. The van der Waals surface area contributed by atoms with Crippen LogP contribution in [0.15, 0.2) is 0 Å². The Bertz CT molecular complexity index is 184. The predicted molar refractivity (Wildman–Crippen MR) is 57.7 cm³/mol. The Morgan fingerprint density at radius 3 is 1.46 bits per heavy atom. The zero-order chi connectivity index (χ0) is 10.6. The highest BCUT2D eigenvalue weighted by molar-refractivity contribution is 7.59. The van der Waals surface area contributed by atoms with Crippen molar-refractivity contribution >= 4 is 31.1 Å². The second kappa shape index (κ2) is 5.54. The van der Waals surface area contributed by atoms with Crippen molar-refractivity contribution in [3.8, 4) is 0 Å². The van der Waals surface area contributed by atoms with Gasteiger partial charge in [0.05, 0.1) is 0 Å². The van der Waals surface area contributed by atoms with E-state index in [9.17, 15) is 4.57 Å². The van der Waals surface area contributed by atoms with Gasteiger partial charge >= 0.3 is 7.59 Å². The summed E-state index contributed by atoms with van der Waals surface area (Å²) in [5.74, 6) is 0. The van der Waals surface area contributed by atoms with E-state index in [1.807, 2.05) is 27.7 Å². The molecule has 0 aliphatic carbocycles. The first-order valence-corrected chi connectivity index (χ1v) is 6.45. The second-order valence-corrected chi connectivity index (χ2v) is 6.28. The summed E-state index contributed by atoms with van der Waals surface area (Å²) in [6.45, 7) is 7.70. The maximum Gasteiger partial charge on any atom is 0.309 e. The van der Waals surface area contributed by atoms with Gasteiger partial charge in [0.25, 0.3) is 0 Å². The van der Waals surface area contributed by atoms with Gasteiger partial charge in [-0.2, -0.15) is 9.21 Å². The van der Waals surface area contributed by atoms with Gasteiger partial charge in [-0.15, -0.1) is 0 Å². The van der Waals surface area contributed by atoms with Crippen molar-refractivity contribution in [3.05, 3.63) is 0 Å². The van der Waals surface area contributed by atoms with Gasteiger partial charge in [-0.05, 0) is 51.2 Å². The van der Waals surface area contributed by atoms with Crippen molar-refractivity contribution in [1.82, 2.24) is 13.9 Å². The van der Waals surface area contributed by atoms with Crippen LogP contribution >= 0.6 is 31.1 Å². The average Bonchev–Trinajstić information content (AvgIpc) is 2.02. The molecule has 0 heterocycles. The minimum Gasteiger partial charge on any atom is -0.268 e. The summed E-state index contributed by atoms with van der Waals surface area (Å²) in [6, 6.07) is 0.173. The van der Waals surface area contributed by atoms with Gasteiger partial charge in [-0.1, -0.05) is 0 Å². The summed E-state index contributed by atoms with van der Waals surface area (Å²) in [4.78, 5) is 0. The topological polar surface area (TPSA) is 44.4 Å². The molecule has 0 aromatic rings. The molecule has 0 bridgehead atoms. The molecule has 0 aliphatic heterocycles. The van der Waals surface area contributed by atoms with E-state index < -0.39 is 7.59 Å². The van der Waals surface area contributed by atoms with Crippen molar-refractivity contribution in [2.45, 2.75) is 39.8 Å². The van der Waals surface area contributed by atoms with Gasteiger partial charge in [-0.25, -0.2) is 4.67 Å². The highest BCUT2D eigenvalue weighted by atomic mass is 35.5. The monoisotopic (exact) mass is 247 g/mol. The van der Waals surface area contributed by atoms with Crippen molar-refractivity contribution in [3.63, 3.8) is 0 Å². The Morgan fingerprint density at radius 2 is 1.38 bits per heavy atom. The minimum absolute atomic E-state index is 0.0864. The van der Waals surface area contributed by atoms with Crippen LogP contribution in [0, 0.1) is 0 Å². The van der Waals surface area contributed by atoms with Gasteiger partial charge in [0, 0.05) is 12.1 Å². The molecule has 2 N–H and O–H groups in total. The molecular formula is C6H16Cl2N3OP. The Kier molecular flexibility index (Phi) is 5.84. The van der Waals surface area contributed by atoms with Crippen LogP contribution in [0.1, 0.15) is 27.7 Å². The van der Waals surface area contributed by atoms with Crippen LogP contribution < -0.4 is 9.21 Å². The lowest BCUT2D eigenvalue weighted by Crippen LogP contribution is -2.39. The summed E-state index contributed by atoms with van der Waals surface area (Å²) in [5.41, 5.74) is 0. The number of nitrogens with zero attached hydrogens (tertiary/aromatic N) is 1. The Hall–Kier alpha value is 0.690. The Morgan fingerprint density at radius 1 is 1.08 bits per heavy atom. The molecule has 0 saturated heterocycles. The first kappa shape index (κ1) is 13.7. The van der Waals surface area contributed by atoms with Crippen molar-refractivity contribution in [2.24, 2.45) is 0 Å². The summed E-state index contributed by atoms with van der Waals surface area (Å²) < 4.78 is 18.1. The largest absolute Gasteiger partial charge is 0.309 e. The third-order valence-corrected chi connectivity index (χ3v) is 5.02. The van der Waals surface area contributed by atoms with E-state index in [-0.39, 0.29) is 12.1 Å². The van der Waals surface area contributed by atoms with Crippen molar-refractivity contribution in [1.29, 1.82) is 0 Å². The fourth-order valence-corrected chi connectivity index (χ4v) is 3.76. The maximum atomic E-state index is 12.0. The molecule has 0 aliphatic rings. The lowest BCUT2D eigenvalue weighted by Gasteiger charge is -2.35. The van der Waals surface area contributed by atoms with E-state index in [4.69, 9.17) is 23.6 Å². The molecule has 0 aromatic carbocycles. The van der Waals surface area contributed by atoms with E-state index >= 15 is 0 Å². The zero-order valence-electron chi connectivity index (χ0n) is 8.21. The number of hydrogen-bond acceptors (Lipinski definition) is 1. The Balaban J connectivity index is 4.81. The molecule has 0 amide bonds. The van der Waals surface area contributed by atoms with Crippen LogP contribution in [-0.4, -0.2) is 16.8 Å². The molecule has 0 rings (SSSR count). The fourth-order valence-electron chi connectivity index (χ4n) is 1.35. The van der Waals surface area contributed by atoms with Gasteiger partial charge in [0.2, 0.25) is 0 Å². The summed E-state index contributed by atoms with van der Waals surface area (Å²) in [5, 5.41) is 0. The summed E-state index contributed by atoms with van der Waals surface area (Å²) >= 11 is 10.8. The van der Waals surface area contributed by atoms with Gasteiger partial charge < -0.3 is 0 Å². The maximum absolute atomic E-state index is 12.0. The van der Waals surface area contributed by atoms with Crippen molar-refractivity contribution < 1.29 is 4.57 Å². The zero-order valence-corrected chi connectivity index (χ0v) is 10.6. The molecule has 0 spiro atoms. The van der Waals surface area contributed by atoms with Crippen LogP contribution in [0.4, 0.5) is 0 Å². The van der Waals surface area contributed by atoms with E-state index in [2.05, 4.69) is 9.21 Å². The van der Waals surface area contributed by atoms with E-state index in [1.54, 1.807) is 4.67 Å². The molecule has 0 unspecified atom stereocenters. The minimum atomic E-state index is -3.04. The molecule has 0 aromatic heterocycles. The molecule has 0 fully saturated rings. The van der Waals surface area contributed by atoms with Crippen LogP contribution in [0.5, 0.6) is 0 Å². The quantitative estimate of drug-likeness (QED) is 0.580. The van der Waals surface area contributed by atoms with Crippen LogP contribution in [0.25, 0.3) is 0 Å². The lowest BCUT2D eigenvalue weighted by atomic mass is 10.3. The standard InChI is InChI=1S/C6H16Cl2N3OP/c1-5(2)11(6(3)4)13(12,9-7)10-8/h5-6H,1-4H3,(H2,9,10,12). The average molecular weight is 248 g/mol. The SMILES string of the molecule is CC(C)N(C(C)C)P(=O)(NCl)NCl. The number of rotatable bonds is 5. The van der Waals surface area contributed by atoms with Crippen LogP contribution in [0.2, 0.25) is 0 Å². The first-order valence-electron chi connectivity index (χ1n) is 4.03. The summed E-state index contributed by atoms with van der Waals surface area (Å²) in [6.07, 6.45) is 0. The summed E-state index contributed by atoms with van der Waals surface area (Å²) in [7, 11) is -3.04. The van der Waals surface area contributed by atoms with Crippen LogP contribution in [-0.2, 0) is 4.57 Å². The fraction of sp³-hybridized carbons (Fsp3) is 1.00. The van der Waals surface area contributed by atoms with Crippen molar-refractivity contribution in [2.75, 3.05) is 0 Å². The van der Waals surface area contributed by atoms with E-state index in [0.29, 0.717) is 0 Å². The second-order valence-electron chi connectivity index (χ2n) is 3.31. The molecule has 7 heteroatoms. The third kappa shape index (κ3) is 3.39. The molecule has 4 nitrogen and oxygen atoms in total. The normalized spacial score (nSPS) is 13.3. The predicted octanol–water partition coefficient (Wildman–Crippen LogP) is 2.70. The third-order valence-electron chi connectivity index (χ3n) is 1.61. The van der Waals surface area contributed by atoms with E-state index in [1.165, 1.54) is 0 Å². The number of hydrogen-bond donors (Lipinski definition) is 2. The molecule has 13 heavy (non-hydrogen) atoms. The first-order chi connectivity index (χ1) is 5.89. The number of nitrogens with one attached hydrogen (secondary N) is 2. The van der Waals surface area contributed by atoms with Gasteiger partial charge in [-0.3, -0.25) is 4.57 Å². The molecular weight excluding hydrogens is 232 g/mol. The highest BCUT2D eigenvalue weighted by Crippen LogP contribution is 2.45.